The Morgan fingerprint density at radius 1 is 1.05 bits per heavy atom. The van der Waals surface area contributed by atoms with Crippen molar-refractivity contribution in [3.63, 3.8) is 0 Å². The topological polar surface area (TPSA) is 118 Å². The summed E-state index contributed by atoms with van der Waals surface area (Å²) in [5.41, 5.74) is 3.43. The third kappa shape index (κ3) is 7.77. The zero-order valence-electron chi connectivity index (χ0n) is 20.0. The van der Waals surface area contributed by atoms with Crippen molar-refractivity contribution >= 4 is 41.2 Å². The van der Waals surface area contributed by atoms with E-state index >= 15 is 0 Å². The predicted octanol–water partition coefficient (Wildman–Crippen LogP) is 3.83. The first-order valence-electron chi connectivity index (χ1n) is 11.0. The van der Waals surface area contributed by atoms with E-state index in [4.69, 9.17) is 21.1 Å². The normalized spacial score (nSPS) is 11.5. The Hall–Kier alpha value is -4.44. The number of hydrogen-bond donors (Lipinski definition) is 3. The Morgan fingerprint density at radius 2 is 1.76 bits per heavy atom. The first kappa shape index (κ1) is 27.2. The minimum atomic E-state index is -0.946. The fourth-order valence-electron chi connectivity index (χ4n) is 3.14. The molecule has 0 bridgehead atoms. The monoisotopic (exact) mass is 526 g/mol. The van der Waals surface area contributed by atoms with Gasteiger partial charge in [-0.3, -0.25) is 14.4 Å². The number of anilines is 1. The number of nitrogens with zero attached hydrogens (tertiary/aromatic N) is 1. The number of hydrazone groups is 1. The number of nitrogens with one attached hydrogen (secondary N) is 3. The van der Waals surface area contributed by atoms with Crippen LogP contribution < -0.4 is 25.5 Å². The second kappa shape index (κ2) is 13.0. The van der Waals surface area contributed by atoms with Crippen molar-refractivity contribution in [2.24, 2.45) is 5.10 Å². The minimum Gasteiger partial charge on any atom is -0.493 e. The van der Waals surface area contributed by atoms with Crippen molar-refractivity contribution < 1.29 is 28.2 Å². The molecule has 37 heavy (non-hydrogen) atoms. The Morgan fingerprint density at radius 3 is 2.46 bits per heavy atom. The van der Waals surface area contributed by atoms with E-state index in [1.54, 1.807) is 13.0 Å². The molecule has 3 aromatic rings. The Balaban J connectivity index is 1.57. The van der Waals surface area contributed by atoms with Gasteiger partial charge in [0.2, 0.25) is 0 Å². The average Bonchev–Trinajstić information content (AvgIpc) is 2.89. The highest BCUT2D eigenvalue weighted by Gasteiger charge is 2.17. The highest BCUT2D eigenvalue weighted by molar-refractivity contribution is 6.35. The van der Waals surface area contributed by atoms with Gasteiger partial charge in [-0.15, -0.1) is 0 Å². The van der Waals surface area contributed by atoms with Crippen LogP contribution in [0.5, 0.6) is 11.5 Å². The molecule has 0 spiro atoms. The lowest BCUT2D eigenvalue weighted by atomic mass is 10.1. The van der Waals surface area contributed by atoms with E-state index < -0.39 is 30.1 Å². The van der Waals surface area contributed by atoms with E-state index in [0.717, 1.165) is 5.56 Å². The van der Waals surface area contributed by atoms with Crippen LogP contribution in [0.1, 0.15) is 24.1 Å². The number of hydrogen-bond acceptors (Lipinski definition) is 6. The van der Waals surface area contributed by atoms with E-state index in [1.165, 1.54) is 43.7 Å². The van der Waals surface area contributed by atoms with Crippen molar-refractivity contribution in [2.75, 3.05) is 19.0 Å². The molecule has 192 valence electrons. The number of ether oxygens (including phenoxy) is 2. The van der Waals surface area contributed by atoms with E-state index in [1.807, 2.05) is 30.3 Å². The molecule has 9 nitrogen and oxygen atoms in total. The number of halogens is 2. The van der Waals surface area contributed by atoms with Crippen molar-refractivity contribution in [1.82, 2.24) is 10.7 Å². The molecule has 0 aromatic heterocycles. The largest absolute Gasteiger partial charge is 0.493 e. The SMILES string of the molecule is COc1cc(/C=N\NC(=O)C(=O)N[C@@H](C)c2ccccc2)cc(Cl)c1OCC(=O)Nc1ccccc1F. The van der Waals surface area contributed by atoms with Crippen LogP contribution in [0.3, 0.4) is 0 Å². The summed E-state index contributed by atoms with van der Waals surface area (Å²) < 4.78 is 24.5. The molecule has 0 unspecified atom stereocenters. The molecule has 3 amide bonds. The maximum atomic E-state index is 13.7. The zero-order chi connectivity index (χ0) is 26.8. The smallest absolute Gasteiger partial charge is 0.329 e. The number of methoxy groups -OCH3 is 1. The maximum Gasteiger partial charge on any atom is 0.329 e. The predicted molar refractivity (Wildman–Crippen MR) is 137 cm³/mol. The second-order valence-corrected chi connectivity index (χ2v) is 8.06. The summed E-state index contributed by atoms with van der Waals surface area (Å²) in [7, 11) is 1.37. The molecule has 0 heterocycles. The van der Waals surface area contributed by atoms with Crippen LogP contribution in [0.4, 0.5) is 10.1 Å². The molecule has 0 saturated carbocycles. The lowest BCUT2D eigenvalue weighted by Crippen LogP contribution is -2.39. The third-order valence-electron chi connectivity index (χ3n) is 4.98. The van der Waals surface area contributed by atoms with E-state index in [9.17, 15) is 18.8 Å². The molecule has 0 aliphatic heterocycles. The van der Waals surface area contributed by atoms with Crippen LogP contribution in [0, 0.1) is 5.82 Å². The Labute approximate surface area is 217 Å². The van der Waals surface area contributed by atoms with E-state index in [0.29, 0.717) is 5.56 Å². The molecule has 0 aliphatic carbocycles. The van der Waals surface area contributed by atoms with Crippen molar-refractivity contribution in [3.05, 3.63) is 88.7 Å². The summed E-state index contributed by atoms with van der Waals surface area (Å²) >= 11 is 6.28. The molecular weight excluding hydrogens is 503 g/mol. The zero-order valence-corrected chi connectivity index (χ0v) is 20.7. The molecule has 11 heteroatoms. The van der Waals surface area contributed by atoms with Gasteiger partial charge < -0.3 is 20.1 Å². The van der Waals surface area contributed by atoms with Crippen LogP contribution in [0.25, 0.3) is 0 Å². The standard InChI is InChI=1S/C26H24ClFN4O5/c1-16(18-8-4-3-5-9-18)30-25(34)26(35)32-29-14-17-12-19(27)24(22(13-17)36-2)37-15-23(33)31-21-11-7-6-10-20(21)28/h3-14,16H,15H2,1-2H3,(H,30,34)(H,31,33)(H,32,35)/b29-14-/t16-/m0/s1. The summed E-state index contributed by atoms with van der Waals surface area (Å²) in [5, 5.41) is 8.86. The summed E-state index contributed by atoms with van der Waals surface area (Å²) in [6.07, 6.45) is 1.26. The third-order valence-corrected chi connectivity index (χ3v) is 5.26. The number of carbonyl (C=O) groups excluding carboxylic acids is 3. The van der Waals surface area contributed by atoms with Gasteiger partial charge in [0.05, 0.1) is 30.1 Å². The van der Waals surface area contributed by atoms with Crippen LogP contribution in [0.15, 0.2) is 71.8 Å². The number of benzene rings is 3. The second-order valence-electron chi connectivity index (χ2n) is 7.66. The summed E-state index contributed by atoms with van der Waals surface area (Å²) in [5.74, 6) is -2.70. The van der Waals surface area contributed by atoms with Gasteiger partial charge in [-0.2, -0.15) is 5.10 Å². The van der Waals surface area contributed by atoms with Gasteiger partial charge in [-0.25, -0.2) is 9.82 Å². The summed E-state index contributed by atoms with van der Waals surface area (Å²) in [4.78, 5) is 36.3. The van der Waals surface area contributed by atoms with Gasteiger partial charge in [-0.05, 0) is 42.3 Å². The van der Waals surface area contributed by atoms with Crippen LogP contribution in [-0.4, -0.2) is 37.7 Å². The molecule has 0 fully saturated rings. The number of amides is 3. The molecule has 3 rings (SSSR count). The van der Waals surface area contributed by atoms with E-state index in [2.05, 4.69) is 21.2 Å². The molecule has 3 N–H and O–H groups in total. The van der Waals surface area contributed by atoms with Gasteiger partial charge in [-0.1, -0.05) is 54.1 Å². The van der Waals surface area contributed by atoms with Crippen LogP contribution in [0.2, 0.25) is 5.02 Å². The molecule has 1 atom stereocenters. The lowest BCUT2D eigenvalue weighted by molar-refractivity contribution is -0.139. The molecule has 0 radical (unpaired) electrons. The van der Waals surface area contributed by atoms with Crippen LogP contribution >= 0.6 is 11.6 Å². The van der Waals surface area contributed by atoms with Gasteiger partial charge in [0.1, 0.15) is 5.82 Å². The van der Waals surface area contributed by atoms with Gasteiger partial charge in [0.15, 0.2) is 18.1 Å². The Kier molecular flexibility index (Phi) is 9.56. The maximum absolute atomic E-state index is 13.7. The highest BCUT2D eigenvalue weighted by atomic mass is 35.5. The first-order chi connectivity index (χ1) is 17.8. The molecule has 3 aromatic carbocycles. The number of rotatable bonds is 9. The first-order valence-corrected chi connectivity index (χ1v) is 11.4. The number of para-hydroxylation sites is 1. The molecule has 0 saturated heterocycles. The average molecular weight is 527 g/mol. The minimum absolute atomic E-state index is 0.0194. The molecule has 0 aliphatic rings. The van der Waals surface area contributed by atoms with Gasteiger partial charge >= 0.3 is 11.8 Å². The van der Waals surface area contributed by atoms with Gasteiger partial charge in [0, 0.05) is 0 Å². The fourth-order valence-corrected chi connectivity index (χ4v) is 3.42. The highest BCUT2D eigenvalue weighted by Crippen LogP contribution is 2.36. The number of carbonyl (C=O) groups is 3. The van der Waals surface area contributed by atoms with Crippen molar-refractivity contribution in [2.45, 2.75) is 13.0 Å². The van der Waals surface area contributed by atoms with E-state index in [-0.39, 0.29) is 28.3 Å². The summed E-state index contributed by atoms with van der Waals surface area (Å²) in [6, 6.07) is 17.5. The molecular formula is C26H24ClFN4O5. The van der Waals surface area contributed by atoms with Crippen molar-refractivity contribution in [3.8, 4) is 11.5 Å². The quantitative estimate of drug-likeness (QED) is 0.222. The van der Waals surface area contributed by atoms with Crippen molar-refractivity contribution in [1.29, 1.82) is 0 Å². The fraction of sp³-hybridized carbons (Fsp3) is 0.154. The summed E-state index contributed by atoms with van der Waals surface area (Å²) in [6.45, 7) is 1.30. The van der Waals surface area contributed by atoms with Crippen LogP contribution in [-0.2, 0) is 14.4 Å². The Bertz CT molecular complexity index is 1300. The van der Waals surface area contributed by atoms with Gasteiger partial charge in [0.25, 0.3) is 5.91 Å². The lowest BCUT2D eigenvalue weighted by Gasteiger charge is -2.14.